The molecule has 1 aromatic heterocycles. The lowest BCUT2D eigenvalue weighted by Gasteiger charge is -2.38. The lowest BCUT2D eigenvalue weighted by Crippen LogP contribution is -2.54. The van der Waals surface area contributed by atoms with Crippen LogP contribution in [0.3, 0.4) is 0 Å². The molecule has 1 aromatic rings. The number of hydrogen-bond acceptors (Lipinski definition) is 6. The van der Waals surface area contributed by atoms with Gasteiger partial charge >= 0.3 is 0 Å². The second kappa shape index (κ2) is 8.77. The highest BCUT2D eigenvalue weighted by molar-refractivity contribution is 5.81. The summed E-state index contributed by atoms with van der Waals surface area (Å²) in [5, 5.41) is 10.2. The van der Waals surface area contributed by atoms with Gasteiger partial charge in [0, 0.05) is 45.1 Å². The summed E-state index contributed by atoms with van der Waals surface area (Å²) in [5.74, 6) is 1.19. The van der Waals surface area contributed by atoms with Crippen molar-refractivity contribution >= 4 is 11.9 Å². The first-order valence-corrected chi connectivity index (χ1v) is 9.75. The molecule has 7 heteroatoms. The smallest absolute Gasteiger partial charge is 0.239 e. The molecule has 1 aliphatic heterocycles. The number of piperazine rings is 1. The highest BCUT2D eigenvalue weighted by atomic mass is 16.3. The summed E-state index contributed by atoms with van der Waals surface area (Å²) in [6, 6.07) is 1.65. The van der Waals surface area contributed by atoms with Gasteiger partial charge in [-0.25, -0.2) is 9.97 Å². The molecule has 2 fully saturated rings. The van der Waals surface area contributed by atoms with Crippen LogP contribution in [0.15, 0.2) is 18.5 Å². The minimum Gasteiger partial charge on any atom is -0.393 e. The average molecular weight is 361 g/mol. The van der Waals surface area contributed by atoms with E-state index in [1.807, 2.05) is 24.9 Å². The molecule has 3 rings (SSSR count). The number of nitrogens with zero attached hydrogens (tertiary/aromatic N) is 5. The molecule has 3 atom stereocenters. The maximum absolute atomic E-state index is 12.9. The van der Waals surface area contributed by atoms with Crippen molar-refractivity contribution in [2.24, 2.45) is 5.92 Å². The van der Waals surface area contributed by atoms with Crippen LogP contribution in [0.2, 0.25) is 0 Å². The van der Waals surface area contributed by atoms with Crippen LogP contribution < -0.4 is 4.90 Å². The van der Waals surface area contributed by atoms with Crippen molar-refractivity contribution in [1.29, 1.82) is 0 Å². The topological polar surface area (TPSA) is 72.8 Å². The number of carbonyl (C=O) groups excluding carboxylic acids is 1. The second-order valence-corrected chi connectivity index (χ2v) is 7.59. The number of hydrogen-bond donors (Lipinski definition) is 1. The molecule has 1 saturated heterocycles. The Bertz CT molecular complexity index is 577. The fourth-order valence-corrected chi connectivity index (χ4v) is 3.96. The summed E-state index contributed by atoms with van der Waals surface area (Å²) in [6.45, 7) is 5.67. The van der Waals surface area contributed by atoms with Gasteiger partial charge in [0.05, 0.1) is 12.1 Å². The normalized spacial score (nSPS) is 25.4. The predicted molar refractivity (Wildman–Crippen MR) is 101 cm³/mol. The van der Waals surface area contributed by atoms with E-state index >= 15 is 0 Å². The van der Waals surface area contributed by atoms with Gasteiger partial charge < -0.3 is 14.9 Å². The second-order valence-electron chi connectivity index (χ2n) is 7.59. The van der Waals surface area contributed by atoms with Gasteiger partial charge in [0.15, 0.2) is 0 Å². The summed E-state index contributed by atoms with van der Waals surface area (Å²) >= 11 is 0. The Kier molecular flexibility index (Phi) is 6.43. The van der Waals surface area contributed by atoms with Crippen LogP contribution in [0.1, 0.15) is 32.6 Å². The maximum atomic E-state index is 12.9. The molecular formula is C19H31N5O2. The van der Waals surface area contributed by atoms with Gasteiger partial charge in [-0.15, -0.1) is 0 Å². The highest BCUT2D eigenvalue weighted by Gasteiger charge is 2.30. The highest BCUT2D eigenvalue weighted by Crippen LogP contribution is 2.25. The number of rotatable bonds is 5. The van der Waals surface area contributed by atoms with E-state index in [4.69, 9.17) is 0 Å². The average Bonchev–Trinajstić information content (AvgIpc) is 2.69. The number of likely N-dealkylation sites (N-methyl/N-ethyl adjacent to an activating group) is 1. The summed E-state index contributed by atoms with van der Waals surface area (Å²) in [6.07, 6.45) is 7.52. The molecule has 2 aliphatic rings. The maximum Gasteiger partial charge on any atom is 0.239 e. The van der Waals surface area contributed by atoms with Crippen molar-refractivity contribution in [3.63, 3.8) is 0 Å². The summed E-state index contributed by atoms with van der Waals surface area (Å²) < 4.78 is 0. The number of amides is 1. The Balaban J connectivity index is 1.49. The van der Waals surface area contributed by atoms with Gasteiger partial charge in [0.25, 0.3) is 0 Å². The molecule has 1 saturated carbocycles. The Hall–Kier alpha value is -1.73. The number of aromatic nitrogens is 2. The molecule has 26 heavy (non-hydrogen) atoms. The zero-order valence-electron chi connectivity index (χ0n) is 15.9. The van der Waals surface area contributed by atoms with Crippen LogP contribution in [0, 0.1) is 5.92 Å². The molecule has 2 heterocycles. The van der Waals surface area contributed by atoms with E-state index in [0.29, 0.717) is 13.1 Å². The zero-order chi connectivity index (χ0) is 18.5. The van der Waals surface area contributed by atoms with Gasteiger partial charge in [0.2, 0.25) is 11.9 Å². The Morgan fingerprint density at radius 1 is 1.23 bits per heavy atom. The van der Waals surface area contributed by atoms with E-state index in [0.717, 1.165) is 44.8 Å². The largest absolute Gasteiger partial charge is 0.393 e. The van der Waals surface area contributed by atoms with Gasteiger partial charge in [-0.2, -0.15) is 0 Å². The Labute approximate surface area is 156 Å². The van der Waals surface area contributed by atoms with E-state index in [1.165, 1.54) is 6.42 Å². The molecule has 7 nitrogen and oxygen atoms in total. The monoisotopic (exact) mass is 361 g/mol. The zero-order valence-corrected chi connectivity index (χ0v) is 15.9. The van der Waals surface area contributed by atoms with Crippen LogP contribution >= 0.6 is 0 Å². The van der Waals surface area contributed by atoms with Crippen LogP contribution in [0.4, 0.5) is 5.95 Å². The third-order valence-electron chi connectivity index (χ3n) is 5.84. The molecule has 0 unspecified atom stereocenters. The van der Waals surface area contributed by atoms with E-state index in [1.54, 1.807) is 12.4 Å². The third kappa shape index (κ3) is 4.51. The van der Waals surface area contributed by atoms with Crippen molar-refractivity contribution in [2.75, 3.05) is 44.7 Å². The van der Waals surface area contributed by atoms with Crippen LogP contribution in [-0.2, 0) is 4.79 Å². The van der Waals surface area contributed by atoms with Gasteiger partial charge in [-0.1, -0.05) is 12.8 Å². The number of carbonyl (C=O) groups is 1. The predicted octanol–water partition coefficient (Wildman–Crippen LogP) is 0.997. The van der Waals surface area contributed by atoms with E-state index in [9.17, 15) is 9.90 Å². The van der Waals surface area contributed by atoms with Crippen molar-refractivity contribution < 1.29 is 9.90 Å². The molecule has 1 amide bonds. The quantitative estimate of drug-likeness (QED) is 0.843. The van der Waals surface area contributed by atoms with Crippen LogP contribution in [0.5, 0.6) is 0 Å². The standard InChI is InChI=1S/C19H31N5O2/c1-15(22(2)14-16-6-3-4-7-17(16)25)18(26)23-10-12-24(13-11-23)19-20-8-5-9-21-19/h5,8-9,15-17,25H,3-4,6-7,10-14H2,1-2H3/t15-,16-,17-/m1/s1. The molecule has 0 spiro atoms. The van der Waals surface area contributed by atoms with Crippen LogP contribution in [-0.4, -0.2) is 82.7 Å². The minimum absolute atomic E-state index is 0.163. The lowest BCUT2D eigenvalue weighted by molar-refractivity contribution is -0.136. The van der Waals surface area contributed by atoms with Gasteiger partial charge in [0.1, 0.15) is 0 Å². The molecule has 1 aliphatic carbocycles. The fraction of sp³-hybridized carbons (Fsp3) is 0.737. The van der Waals surface area contributed by atoms with Gasteiger partial charge in [-0.3, -0.25) is 9.69 Å². The van der Waals surface area contributed by atoms with E-state index < -0.39 is 0 Å². The van der Waals surface area contributed by atoms with Crippen molar-refractivity contribution in [2.45, 2.75) is 44.8 Å². The molecule has 0 radical (unpaired) electrons. The van der Waals surface area contributed by atoms with E-state index in [-0.39, 0.29) is 24.0 Å². The molecule has 1 N–H and O–H groups in total. The molecular weight excluding hydrogens is 330 g/mol. The Morgan fingerprint density at radius 2 is 1.88 bits per heavy atom. The van der Waals surface area contributed by atoms with Crippen LogP contribution in [0.25, 0.3) is 0 Å². The molecule has 0 bridgehead atoms. The van der Waals surface area contributed by atoms with Crippen molar-refractivity contribution in [3.05, 3.63) is 18.5 Å². The first-order valence-electron chi connectivity index (χ1n) is 9.75. The van der Waals surface area contributed by atoms with Crippen molar-refractivity contribution in [3.8, 4) is 0 Å². The van der Waals surface area contributed by atoms with E-state index in [2.05, 4.69) is 19.8 Å². The summed E-state index contributed by atoms with van der Waals surface area (Å²) in [4.78, 5) is 27.6. The third-order valence-corrected chi connectivity index (χ3v) is 5.84. The summed E-state index contributed by atoms with van der Waals surface area (Å²) in [5.41, 5.74) is 0. The lowest BCUT2D eigenvalue weighted by atomic mass is 9.86. The first kappa shape index (κ1) is 19.0. The SMILES string of the molecule is C[C@H](C(=O)N1CCN(c2ncccn2)CC1)N(C)C[C@H]1CCCC[C@H]1O. The number of anilines is 1. The first-order chi connectivity index (χ1) is 12.6. The minimum atomic E-state index is -0.220. The summed E-state index contributed by atoms with van der Waals surface area (Å²) in [7, 11) is 2.00. The van der Waals surface area contributed by atoms with Crippen molar-refractivity contribution in [1.82, 2.24) is 19.8 Å². The molecule has 144 valence electrons. The number of aliphatic hydroxyl groups is 1. The molecule has 0 aromatic carbocycles. The number of aliphatic hydroxyl groups excluding tert-OH is 1. The Morgan fingerprint density at radius 3 is 2.54 bits per heavy atom. The van der Waals surface area contributed by atoms with Gasteiger partial charge in [-0.05, 0) is 38.8 Å². The fourth-order valence-electron chi connectivity index (χ4n) is 3.96.